The molecule has 174 valence electrons. The highest BCUT2D eigenvalue weighted by Gasteiger charge is 2.32. The summed E-state index contributed by atoms with van der Waals surface area (Å²) in [6, 6.07) is 26.1. The van der Waals surface area contributed by atoms with Gasteiger partial charge in [0.15, 0.2) is 0 Å². The van der Waals surface area contributed by atoms with Crippen molar-refractivity contribution in [2.24, 2.45) is 0 Å². The number of hydrogen-bond acceptors (Lipinski definition) is 5. The maximum absolute atomic E-state index is 13.0. The molecule has 0 aromatic heterocycles. The van der Waals surface area contributed by atoms with Crippen molar-refractivity contribution in [3.05, 3.63) is 90.0 Å². The van der Waals surface area contributed by atoms with E-state index < -0.39 is 0 Å². The van der Waals surface area contributed by atoms with Gasteiger partial charge in [0, 0.05) is 50.6 Å². The molecular formula is C27H29N5O2. The third kappa shape index (κ3) is 4.61. The van der Waals surface area contributed by atoms with Gasteiger partial charge < -0.3 is 20.4 Å². The number of piperazine rings is 1. The lowest BCUT2D eigenvalue weighted by Gasteiger charge is -2.42. The molecule has 34 heavy (non-hydrogen) atoms. The average molecular weight is 456 g/mol. The number of carbonyl (C=O) groups excluding carboxylic acids is 2. The van der Waals surface area contributed by atoms with Gasteiger partial charge in [0.2, 0.25) is 6.41 Å². The first-order chi connectivity index (χ1) is 16.7. The van der Waals surface area contributed by atoms with E-state index in [0.29, 0.717) is 17.7 Å². The van der Waals surface area contributed by atoms with Crippen LogP contribution in [0.2, 0.25) is 0 Å². The number of rotatable bonds is 7. The zero-order chi connectivity index (χ0) is 23.3. The monoisotopic (exact) mass is 455 g/mol. The van der Waals surface area contributed by atoms with Crippen LogP contribution < -0.4 is 20.4 Å². The summed E-state index contributed by atoms with van der Waals surface area (Å²) in [6.07, 6.45) is 0.388. The number of amides is 2. The predicted molar refractivity (Wildman–Crippen MR) is 135 cm³/mol. The summed E-state index contributed by atoms with van der Waals surface area (Å²) < 4.78 is 0. The van der Waals surface area contributed by atoms with Crippen LogP contribution in [0.15, 0.2) is 78.9 Å². The van der Waals surface area contributed by atoms with Gasteiger partial charge in [-0.3, -0.25) is 14.5 Å². The highest BCUT2D eigenvalue weighted by molar-refractivity contribution is 6.03. The minimum atomic E-state index is -0.239. The van der Waals surface area contributed by atoms with Crippen molar-refractivity contribution in [3.8, 4) is 0 Å². The molecule has 0 aliphatic carbocycles. The number of para-hydroxylation sites is 1. The summed E-state index contributed by atoms with van der Waals surface area (Å²) in [5.74, 6) is -0.133. The average Bonchev–Trinajstić information content (AvgIpc) is 2.90. The Hall–Kier alpha value is -3.84. The van der Waals surface area contributed by atoms with Gasteiger partial charge >= 0.3 is 0 Å². The second kappa shape index (κ2) is 9.97. The lowest BCUT2D eigenvalue weighted by molar-refractivity contribution is -0.105. The van der Waals surface area contributed by atoms with Crippen LogP contribution in [0.1, 0.15) is 22.1 Å². The molecule has 2 aliphatic heterocycles. The fraction of sp³-hybridized carbons (Fsp3) is 0.259. The van der Waals surface area contributed by atoms with Gasteiger partial charge in [-0.1, -0.05) is 48.5 Å². The number of anilines is 3. The molecule has 0 saturated carbocycles. The minimum absolute atomic E-state index is 0.133. The van der Waals surface area contributed by atoms with Crippen molar-refractivity contribution in [2.75, 3.05) is 54.4 Å². The standard InChI is InChI=1S/C27H29N5O2/c33-20-28-22-11-12-25-24(19-22)27(34)29-26(21-7-3-1-4-8-21)32(25)18-15-30-13-16-31(17-14-30)23-9-5-2-6-10-23/h1-12,19-20,26H,13-18H2,(H,28,33)(H,29,34). The summed E-state index contributed by atoms with van der Waals surface area (Å²) in [5.41, 5.74) is 4.40. The van der Waals surface area contributed by atoms with Gasteiger partial charge in [-0.2, -0.15) is 0 Å². The zero-order valence-electron chi connectivity index (χ0n) is 19.1. The van der Waals surface area contributed by atoms with E-state index in [1.807, 2.05) is 42.5 Å². The van der Waals surface area contributed by atoms with Crippen LogP contribution >= 0.6 is 0 Å². The first-order valence-corrected chi connectivity index (χ1v) is 11.7. The lowest BCUT2D eigenvalue weighted by Crippen LogP contribution is -2.52. The van der Waals surface area contributed by atoms with Crippen LogP contribution in [-0.2, 0) is 4.79 Å². The van der Waals surface area contributed by atoms with Gasteiger partial charge in [0.1, 0.15) is 6.17 Å². The van der Waals surface area contributed by atoms with E-state index in [9.17, 15) is 9.59 Å². The molecule has 0 spiro atoms. The fourth-order valence-electron chi connectivity index (χ4n) is 4.81. The number of benzene rings is 3. The van der Waals surface area contributed by atoms with Crippen LogP contribution in [0.25, 0.3) is 0 Å². The first kappa shape index (κ1) is 22.0. The van der Waals surface area contributed by atoms with E-state index in [1.54, 1.807) is 6.07 Å². The molecule has 7 heteroatoms. The van der Waals surface area contributed by atoms with Crippen molar-refractivity contribution in [1.82, 2.24) is 10.2 Å². The number of carbonyl (C=O) groups is 2. The Labute approximate surface area is 200 Å². The molecule has 3 aromatic carbocycles. The highest BCUT2D eigenvalue weighted by atomic mass is 16.2. The fourth-order valence-corrected chi connectivity index (χ4v) is 4.81. The summed E-state index contributed by atoms with van der Waals surface area (Å²) in [5, 5.41) is 5.81. The van der Waals surface area contributed by atoms with Crippen molar-refractivity contribution in [2.45, 2.75) is 6.17 Å². The summed E-state index contributed by atoms with van der Waals surface area (Å²) in [7, 11) is 0. The maximum atomic E-state index is 13.0. The van der Waals surface area contributed by atoms with Gasteiger partial charge in [-0.25, -0.2) is 0 Å². The van der Waals surface area contributed by atoms with E-state index in [0.717, 1.165) is 50.5 Å². The van der Waals surface area contributed by atoms with Gasteiger partial charge in [0.05, 0.1) is 11.3 Å². The molecular weight excluding hydrogens is 426 g/mol. The van der Waals surface area contributed by atoms with E-state index in [2.05, 4.69) is 55.7 Å². The van der Waals surface area contributed by atoms with Crippen molar-refractivity contribution in [3.63, 3.8) is 0 Å². The lowest BCUT2D eigenvalue weighted by atomic mass is 10.0. The predicted octanol–water partition coefficient (Wildman–Crippen LogP) is 3.33. The normalized spacial score (nSPS) is 18.2. The molecule has 1 fully saturated rings. The van der Waals surface area contributed by atoms with E-state index in [4.69, 9.17) is 0 Å². The Morgan fingerprint density at radius 3 is 2.29 bits per heavy atom. The smallest absolute Gasteiger partial charge is 0.255 e. The Kier molecular flexibility index (Phi) is 6.44. The van der Waals surface area contributed by atoms with Crippen LogP contribution in [0, 0.1) is 0 Å². The molecule has 1 unspecified atom stereocenters. The molecule has 2 aliphatic rings. The Morgan fingerprint density at radius 1 is 0.882 bits per heavy atom. The van der Waals surface area contributed by atoms with E-state index >= 15 is 0 Å². The number of hydrogen-bond donors (Lipinski definition) is 2. The quantitative estimate of drug-likeness (QED) is 0.535. The molecule has 0 bridgehead atoms. The highest BCUT2D eigenvalue weighted by Crippen LogP contribution is 2.34. The largest absolute Gasteiger partial charge is 0.369 e. The van der Waals surface area contributed by atoms with Gasteiger partial charge in [-0.15, -0.1) is 0 Å². The third-order valence-electron chi connectivity index (χ3n) is 6.62. The molecule has 5 rings (SSSR count). The Balaban J connectivity index is 1.33. The SMILES string of the molecule is O=CNc1ccc2c(c1)C(=O)NC(c1ccccc1)N2CCN1CCN(c2ccccc2)CC1. The molecule has 2 heterocycles. The summed E-state index contributed by atoms with van der Waals surface area (Å²) in [4.78, 5) is 31.0. The first-order valence-electron chi connectivity index (χ1n) is 11.7. The van der Waals surface area contributed by atoms with E-state index in [1.165, 1.54) is 5.69 Å². The van der Waals surface area contributed by atoms with Crippen LogP contribution in [0.5, 0.6) is 0 Å². The molecule has 2 amide bonds. The number of nitrogens with one attached hydrogen (secondary N) is 2. The summed E-state index contributed by atoms with van der Waals surface area (Å²) >= 11 is 0. The minimum Gasteiger partial charge on any atom is -0.369 e. The van der Waals surface area contributed by atoms with Crippen LogP contribution in [0.3, 0.4) is 0 Å². The Bertz CT molecular complexity index is 1130. The third-order valence-corrected chi connectivity index (χ3v) is 6.62. The van der Waals surface area contributed by atoms with Crippen molar-refractivity contribution < 1.29 is 9.59 Å². The Morgan fingerprint density at radius 2 is 1.59 bits per heavy atom. The summed E-state index contributed by atoms with van der Waals surface area (Å²) in [6.45, 7) is 5.68. The molecule has 1 atom stereocenters. The topological polar surface area (TPSA) is 67.9 Å². The molecule has 0 radical (unpaired) electrons. The molecule has 3 aromatic rings. The second-order valence-corrected chi connectivity index (χ2v) is 8.64. The molecule has 2 N–H and O–H groups in total. The van der Waals surface area contributed by atoms with Gasteiger partial charge in [-0.05, 0) is 35.9 Å². The van der Waals surface area contributed by atoms with Crippen LogP contribution in [-0.4, -0.2) is 56.5 Å². The maximum Gasteiger partial charge on any atom is 0.255 e. The van der Waals surface area contributed by atoms with Crippen molar-refractivity contribution >= 4 is 29.4 Å². The number of nitrogens with zero attached hydrogens (tertiary/aromatic N) is 3. The van der Waals surface area contributed by atoms with Crippen molar-refractivity contribution in [1.29, 1.82) is 0 Å². The van der Waals surface area contributed by atoms with E-state index in [-0.39, 0.29) is 12.1 Å². The number of fused-ring (bicyclic) bond motifs is 1. The van der Waals surface area contributed by atoms with Gasteiger partial charge in [0.25, 0.3) is 5.91 Å². The second-order valence-electron chi connectivity index (χ2n) is 8.64. The molecule has 1 saturated heterocycles. The van der Waals surface area contributed by atoms with Crippen LogP contribution in [0.4, 0.5) is 17.1 Å². The zero-order valence-corrected chi connectivity index (χ0v) is 19.1. The molecule has 7 nitrogen and oxygen atoms in total.